The van der Waals surface area contributed by atoms with Crippen molar-refractivity contribution in [2.45, 2.75) is 25.3 Å². The summed E-state index contributed by atoms with van der Waals surface area (Å²) in [6.45, 7) is 0. The molecule has 14 heavy (non-hydrogen) atoms. The van der Waals surface area contributed by atoms with E-state index in [9.17, 15) is 8.78 Å². The number of halogens is 2. The summed E-state index contributed by atoms with van der Waals surface area (Å²) in [5.41, 5.74) is 6.40. The first-order valence-electron chi connectivity index (χ1n) is 4.87. The minimum atomic E-state index is -0.550. The average Bonchev–Trinajstić information content (AvgIpc) is 2.86. The fraction of sp³-hybridized carbons (Fsp3) is 0.455. The van der Waals surface area contributed by atoms with Gasteiger partial charge in [0.1, 0.15) is 11.6 Å². The van der Waals surface area contributed by atoms with E-state index in [0.717, 1.165) is 12.5 Å². The molecule has 1 aromatic rings. The van der Waals surface area contributed by atoms with Gasteiger partial charge in [-0.2, -0.15) is 0 Å². The highest BCUT2D eigenvalue weighted by Crippen LogP contribution is 2.36. The highest BCUT2D eigenvalue weighted by molar-refractivity contribution is 5.21. The Bertz CT molecular complexity index is 314. The lowest BCUT2D eigenvalue weighted by molar-refractivity contribution is 0.556. The highest BCUT2D eigenvalue weighted by atomic mass is 19.1. The van der Waals surface area contributed by atoms with Crippen molar-refractivity contribution in [2.24, 2.45) is 11.7 Å². The molecule has 1 aliphatic carbocycles. The first-order chi connectivity index (χ1) is 6.65. The lowest BCUT2D eigenvalue weighted by Crippen LogP contribution is -2.11. The predicted molar refractivity (Wildman–Crippen MR) is 50.6 cm³/mol. The van der Waals surface area contributed by atoms with E-state index < -0.39 is 11.6 Å². The highest BCUT2D eigenvalue weighted by Gasteiger charge is 2.24. The molecule has 0 heterocycles. The van der Waals surface area contributed by atoms with Crippen LogP contribution in [0.25, 0.3) is 0 Å². The molecule has 76 valence electrons. The SMILES string of the molecule is N[C@@H](CC1CC1)c1cc(F)cc(F)c1. The summed E-state index contributed by atoms with van der Waals surface area (Å²) in [6.07, 6.45) is 3.24. The van der Waals surface area contributed by atoms with Crippen molar-refractivity contribution in [1.82, 2.24) is 0 Å². The molecule has 0 saturated heterocycles. The second-order valence-corrected chi connectivity index (χ2v) is 3.99. The molecule has 1 fully saturated rings. The Balaban J connectivity index is 2.12. The first-order valence-corrected chi connectivity index (χ1v) is 4.87. The zero-order valence-corrected chi connectivity index (χ0v) is 7.84. The largest absolute Gasteiger partial charge is 0.324 e. The maximum Gasteiger partial charge on any atom is 0.126 e. The van der Waals surface area contributed by atoms with Crippen LogP contribution in [0, 0.1) is 17.6 Å². The van der Waals surface area contributed by atoms with Gasteiger partial charge in [-0.3, -0.25) is 0 Å². The van der Waals surface area contributed by atoms with E-state index in [4.69, 9.17) is 5.73 Å². The van der Waals surface area contributed by atoms with E-state index in [-0.39, 0.29) is 6.04 Å². The molecule has 0 aromatic heterocycles. The molecule has 0 aliphatic heterocycles. The van der Waals surface area contributed by atoms with Gasteiger partial charge in [-0.15, -0.1) is 0 Å². The molecule has 1 aromatic carbocycles. The van der Waals surface area contributed by atoms with Gasteiger partial charge in [-0.05, 0) is 30.0 Å². The molecule has 3 heteroatoms. The maximum absolute atomic E-state index is 12.8. The van der Waals surface area contributed by atoms with Crippen molar-refractivity contribution in [3.63, 3.8) is 0 Å². The average molecular weight is 197 g/mol. The van der Waals surface area contributed by atoms with Gasteiger partial charge in [0.05, 0.1) is 0 Å². The lowest BCUT2D eigenvalue weighted by atomic mass is 10.0. The summed E-state index contributed by atoms with van der Waals surface area (Å²) in [4.78, 5) is 0. The van der Waals surface area contributed by atoms with Crippen LogP contribution in [0.3, 0.4) is 0 Å². The first kappa shape index (κ1) is 9.59. The van der Waals surface area contributed by atoms with Crippen molar-refractivity contribution in [2.75, 3.05) is 0 Å². The van der Waals surface area contributed by atoms with E-state index in [2.05, 4.69) is 0 Å². The van der Waals surface area contributed by atoms with E-state index >= 15 is 0 Å². The third kappa shape index (κ3) is 2.29. The minimum Gasteiger partial charge on any atom is -0.324 e. The van der Waals surface area contributed by atoms with Crippen molar-refractivity contribution >= 4 is 0 Å². The van der Waals surface area contributed by atoms with Crippen LogP contribution >= 0.6 is 0 Å². The summed E-state index contributed by atoms with van der Waals surface area (Å²) < 4.78 is 25.7. The Labute approximate surface area is 81.9 Å². The van der Waals surface area contributed by atoms with E-state index in [1.807, 2.05) is 0 Å². The predicted octanol–water partition coefficient (Wildman–Crippen LogP) is 2.76. The summed E-state index contributed by atoms with van der Waals surface area (Å²) in [5, 5.41) is 0. The molecule has 1 aliphatic rings. The van der Waals surface area contributed by atoms with Gasteiger partial charge in [0, 0.05) is 12.1 Å². The van der Waals surface area contributed by atoms with Gasteiger partial charge in [-0.1, -0.05) is 12.8 Å². The Kier molecular flexibility index (Phi) is 2.50. The molecular formula is C11H13F2N. The second-order valence-electron chi connectivity index (χ2n) is 3.99. The molecular weight excluding hydrogens is 184 g/mol. The van der Waals surface area contributed by atoms with Crippen LogP contribution in [0.15, 0.2) is 18.2 Å². The zero-order valence-electron chi connectivity index (χ0n) is 7.84. The van der Waals surface area contributed by atoms with Crippen molar-refractivity contribution in [3.8, 4) is 0 Å². The number of nitrogens with two attached hydrogens (primary N) is 1. The maximum atomic E-state index is 12.8. The number of hydrogen-bond acceptors (Lipinski definition) is 1. The molecule has 1 saturated carbocycles. The van der Waals surface area contributed by atoms with E-state index in [0.29, 0.717) is 11.5 Å². The normalized spacial score (nSPS) is 18.2. The molecule has 0 radical (unpaired) electrons. The topological polar surface area (TPSA) is 26.0 Å². The molecule has 0 spiro atoms. The van der Waals surface area contributed by atoms with Crippen LogP contribution in [0.5, 0.6) is 0 Å². The van der Waals surface area contributed by atoms with Gasteiger partial charge in [0.2, 0.25) is 0 Å². The molecule has 1 atom stereocenters. The third-order valence-corrected chi connectivity index (χ3v) is 2.60. The third-order valence-electron chi connectivity index (χ3n) is 2.60. The quantitative estimate of drug-likeness (QED) is 0.792. The Morgan fingerprint density at radius 2 is 1.79 bits per heavy atom. The van der Waals surface area contributed by atoms with E-state index in [1.54, 1.807) is 0 Å². The monoisotopic (exact) mass is 197 g/mol. The van der Waals surface area contributed by atoms with Crippen LogP contribution < -0.4 is 5.73 Å². The molecule has 2 rings (SSSR count). The van der Waals surface area contributed by atoms with Crippen LogP contribution in [-0.4, -0.2) is 0 Å². The molecule has 1 nitrogen and oxygen atoms in total. The summed E-state index contributed by atoms with van der Waals surface area (Å²) in [5.74, 6) is -0.436. The lowest BCUT2D eigenvalue weighted by Gasteiger charge is -2.11. The smallest absolute Gasteiger partial charge is 0.126 e. The summed E-state index contributed by atoms with van der Waals surface area (Å²) in [7, 11) is 0. The van der Waals surface area contributed by atoms with Crippen molar-refractivity contribution in [3.05, 3.63) is 35.4 Å². The molecule has 0 unspecified atom stereocenters. The summed E-state index contributed by atoms with van der Waals surface area (Å²) >= 11 is 0. The Morgan fingerprint density at radius 1 is 1.21 bits per heavy atom. The fourth-order valence-corrected chi connectivity index (χ4v) is 1.64. The van der Waals surface area contributed by atoms with Crippen molar-refractivity contribution < 1.29 is 8.78 Å². The minimum absolute atomic E-state index is 0.229. The van der Waals surface area contributed by atoms with Crippen LogP contribution in [0.1, 0.15) is 30.9 Å². The number of hydrogen-bond donors (Lipinski definition) is 1. The molecule has 0 bridgehead atoms. The van der Waals surface area contributed by atoms with Gasteiger partial charge in [0.15, 0.2) is 0 Å². The van der Waals surface area contributed by atoms with Crippen LogP contribution in [0.4, 0.5) is 8.78 Å². The van der Waals surface area contributed by atoms with Crippen LogP contribution in [-0.2, 0) is 0 Å². The standard InChI is InChI=1S/C11H13F2N/c12-9-4-8(5-10(13)6-9)11(14)3-7-1-2-7/h4-7,11H,1-3,14H2/t11-/m0/s1. The molecule has 2 N–H and O–H groups in total. The van der Waals surface area contributed by atoms with Gasteiger partial charge < -0.3 is 5.73 Å². The fourth-order valence-electron chi connectivity index (χ4n) is 1.64. The second kappa shape index (κ2) is 3.65. The summed E-state index contributed by atoms with van der Waals surface area (Å²) in [6, 6.07) is 3.27. The van der Waals surface area contributed by atoms with Gasteiger partial charge in [-0.25, -0.2) is 8.78 Å². The Hall–Kier alpha value is -0.960. The van der Waals surface area contributed by atoms with Gasteiger partial charge >= 0.3 is 0 Å². The van der Waals surface area contributed by atoms with E-state index in [1.165, 1.54) is 25.0 Å². The van der Waals surface area contributed by atoms with Crippen LogP contribution in [0.2, 0.25) is 0 Å². The number of benzene rings is 1. The Morgan fingerprint density at radius 3 is 2.29 bits per heavy atom. The number of rotatable bonds is 3. The molecule has 0 amide bonds. The van der Waals surface area contributed by atoms with Crippen molar-refractivity contribution in [1.29, 1.82) is 0 Å². The van der Waals surface area contributed by atoms with Gasteiger partial charge in [0.25, 0.3) is 0 Å². The zero-order chi connectivity index (χ0) is 10.1.